The lowest BCUT2D eigenvalue weighted by atomic mass is 10.2. The Morgan fingerprint density at radius 1 is 1.00 bits per heavy atom. The van der Waals surface area contributed by atoms with Crippen LogP contribution in [-0.4, -0.2) is 37.2 Å². The second-order valence-corrected chi connectivity index (χ2v) is 9.34. The van der Waals surface area contributed by atoms with Crippen molar-refractivity contribution >= 4 is 44.9 Å². The van der Waals surface area contributed by atoms with Crippen LogP contribution in [0.4, 0.5) is 5.69 Å². The molecule has 0 aliphatic rings. The van der Waals surface area contributed by atoms with E-state index in [0.29, 0.717) is 28.5 Å². The van der Waals surface area contributed by atoms with Crippen LogP contribution in [0.1, 0.15) is 20.8 Å². The molecule has 2 aromatic heterocycles. The molecule has 2 aromatic carbocycles. The maximum absolute atomic E-state index is 13.2. The summed E-state index contributed by atoms with van der Waals surface area (Å²) in [5.74, 6) is 1.13. The van der Waals surface area contributed by atoms with Gasteiger partial charge in [0.05, 0.1) is 26.9 Å². The maximum Gasteiger partial charge on any atom is 0.256 e. The lowest BCUT2D eigenvalue weighted by Crippen LogP contribution is -2.13. The highest BCUT2D eigenvalue weighted by molar-refractivity contribution is 7.99. The van der Waals surface area contributed by atoms with Gasteiger partial charge in [0.2, 0.25) is 5.75 Å². The molecule has 0 saturated heterocycles. The van der Waals surface area contributed by atoms with Gasteiger partial charge in [-0.15, -0.1) is 11.3 Å². The number of carbonyl (C=O) groups is 1. The topological polar surface area (TPSA) is 82.6 Å². The Morgan fingerprint density at radius 2 is 1.70 bits per heavy atom. The molecule has 170 valence electrons. The first-order chi connectivity index (χ1) is 16.0. The number of methoxy groups -OCH3 is 3. The van der Waals surface area contributed by atoms with Gasteiger partial charge in [-0.25, -0.2) is 9.97 Å². The number of thiophene rings is 1. The molecule has 0 atom stereocenters. The summed E-state index contributed by atoms with van der Waals surface area (Å²) >= 11 is 3.10. The predicted octanol–water partition coefficient (Wildman–Crippen LogP) is 5.74. The molecule has 0 saturated carbocycles. The van der Waals surface area contributed by atoms with Crippen LogP contribution in [-0.2, 0) is 0 Å². The quantitative estimate of drug-likeness (QED) is 0.337. The molecule has 0 aliphatic heterocycles. The Bertz CT molecular complexity index is 1310. The van der Waals surface area contributed by atoms with Crippen molar-refractivity contribution in [2.45, 2.75) is 23.8 Å². The summed E-state index contributed by atoms with van der Waals surface area (Å²) in [6.45, 7) is 4.15. The van der Waals surface area contributed by atoms with Crippen LogP contribution in [0.15, 0.2) is 52.6 Å². The molecule has 4 rings (SSSR count). The maximum atomic E-state index is 13.2. The summed E-state index contributed by atoms with van der Waals surface area (Å²) in [5.41, 5.74) is 2.23. The molecule has 0 spiro atoms. The van der Waals surface area contributed by atoms with Crippen molar-refractivity contribution in [3.05, 3.63) is 58.7 Å². The zero-order chi connectivity index (χ0) is 23.5. The predicted molar refractivity (Wildman–Crippen MR) is 132 cm³/mol. The van der Waals surface area contributed by atoms with Gasteiger partial charge in [0.25, 0.3) is 5.91 Å². The van der Waals surface area contributed by atoms with Crippen LogP contribution >= 0.6 is 23.1 Å². The molecule has 0 bridgehead atoms. The number of hydrogen-bond donors (Lipinski definition) is 1. The smallest absolute Gasteiger partial charge is 0.256 e. The summed E-state index contributed by atoms with van der Waals surface area (Å²) < 4.78 is 16.1. The number of nitrogens with zero attached hydrogens (tertiary/aromatic N) is 2. The SMILES string of the molecule is COc1cc(NC(=O)c2ccccc2Sc2ncnc3sc(C)c(C)c23)cc(OC)c1OC. The van der Waals surface area contributed by atoms with Gasteiger partial charge in [-0.1, -0.05) is 23.9 Å². The first-order valence-electron chi connectivity index (χ1n) is 10.1. The summed E-state index contributed by atoms with van der Waals surface area (Å²) in [6.07, 6.45) is 1.57. The Balaban J connectivity index is 1.67. The summed E-state index contributed by atoms with van der Waals surface area (Å²) in [6, 6.07) is 10.8. The van der Waals surface area contributed by atoms with E-state index in [1.54, 1.807) is 35.9 Å². The third-order valence-corrected chi connectivity index (χ3v) is 7.39. The molecule has 2 heterocycles. The monoisotopic (exact) mass is 481 g/mol. The van der Waals surface area contributed by atoms with Crippen LogP contribution in [0.2, 0.25) is 0 Å². The van der Waals surface area contributed by atoms with E-state index in [2.05, 4.69) is 29.1 Å². The molecule has 1 N–H and O–H groups in total. The van der Waals surface area contributed by atoms with E-state index in [9.17, 15) is 4.79 Å². The van der Waals surface area contributed by atoms with Gasteiger partial charge in [-0.05, 0) is 31.5 Å². The van der Waals surface area contributed by atoms with Crippen molar-refractivity contribution in [1.29, 1.82) is 0 Å². The highest BCUT2D eigenvalue weighted by Gasteiger charge is 2.19. The van der Waals surface area contributed by atoms with E-state index < -0.39 is 0 Å². The van der Waals surface area contributed by atoms with E-state index in [0.717, 1.165) is 25.7 Å². The van der Waals surface area contributed by atoms with Crippen LogP contribution in [0.3, 0.4) is 0 Å². The minimum absolute atomic E-state index is 0.254. The Kier molecular flexibility index (Phi) is 6.71. The number of benzene rings is 2. The van der Waals surface area contributed by atoms with E-state index in [1.165, 1.54) is 38.0 Å². The Morgan fingerprint density at radius 3 is 2.36 bits per heavy atom. The van der Waals surface area contributed by atoms with Crippen LogP contribution in [0.25, 0.3) is 10.2 Å². The molecular formula is C24H23N3O4S2. The summed E-state index contributed by atoms with van der Waals surface area (Å²) in [5, 5.41) is 4.80. The standard InChI is InChI=1S/C24H23N3O4S2/c1-13-14(2)32-23-20(13)24(26-12-25-23)33-19-9-7-6-8-16(19)22(28)27-15-10-17(29-3)21(31-5)18(11-15)30-4/h6-12H,1-5H3,(H,27,28). The first-order valence-corrected chi connectivity index (χ1v) is 11.7. The van der Waals surface area contributed by atoms with Crippen molar-refractivity contribution < 1.29 is 19.0 Å². The molecular weight excluding hydrogens is 458 g/mol. The third-order valence-electron chi connectivity index (χ3n) is 5.19. The largest absolute Gasteiger partial charge is 0.493 e. The molecule has 1 amide bonds. The lowest BCUT2D eigenvalue weighted by molar-refractivity contribution is 0.102. The van der Waals surface area contributed by atoms with Crippen LogP contribution in [0.5, 0.6) is 17.2 Å². The van der Waals surface area contributed by atoms with Gasteiger partial charge in [0.15, 0.2) is 11.5 Å². The molecule has 9 heteroatoms. The number of hydrogen-bond acceptors (Lipinski definition) is 8. The Hall–Kier alpha value is -3.30. The number of anilines is 1. The highest BCUT2D eigenvalue weighted by atomic mass is 32.2. The molecule has 7 nitrogen and oxygen atoms in total. The molecule has 4 aromatic rings. The molecule has 0 radical (unpaired) electrons. The lowest BCUT2D eigenvalue weighted by Gasteiger charge is -2.15. The second kappa shape index (κ2) is 9.68. The zero-order valence-electron chi connectivity index (χ0n) is 18.9. The number of ether oxygens (including phenoxy) is 3. The minimum atomic E-state index is -0.254. The van der Waals surface area contributed by atoms with Gasteiger partial charge in [0.1, 0.15) is 16.2 Å². The number of fused-ring (bicyclic) bond motifs is 1. The van der Waals surface area contributed by atoms with Crippen molar-refractivity contribution in [3.63, 3.8) is 0 Å². The van der Waals surface area contributed by atoms with Crippen molar-refractivity contribution in [2.75, 3.05) is 26.6 Å². The molecule has 0 unspecified atom stereocenters. The Labute approximate surface area is 200 Å². The average molecular weight is 482 g/mol. The highest BCUT2D eigenvalue weighted by Crippen LogP contribution is 2.41. The number of amides is 1. The number of aromatic nitrogens is 2. The first kappa shape index (κ1) is 22.9. The van der Waals surface area contributed by atoms with Gasteiger partial charge < -0.3 is 19.5 Å². The number of aryl methyl sites for hydroxylation is 2. The van der Waals surface area contributed by atoms with Gasteiger partial charge in [0, 0.05) is 33.0 Å². The van der Waals surface area contributed by atoms with Crippen LogP contribution in [0, 0.1) is 13.8 Å². The summed E-state index contributed by atoms with van der Waals surface area (Å²) in [7, 11) is 4.60. The normalized spacial score (nSPS) is 10.8. The van der Waals surface area contributed by atoms with E-state index >= 15 is 0 Å². The van der Waals surface area contributed by atoms with Crippen molar-refractivity contribution in [3.8, 4) is 17.2 Å². The summed E-state index contributed by atoms with van der Waals surface area (Å²) in [4.78, 5) is 25.1. The number of rotatable bonds is 7. The van der Waals surface area contributed by atoms with E-state index in [-0.39, 0.29) is 5.91 Å². The molecule has 33 heavy (non-hydrogen) atoms. The van der Waals surface area contributed by atoms with Gasteiger partial charge >= 0.3 is 0 Å². The van der Waals surface area contributed by atoms with Crippen molar-refractivity contribution in [1.82, 2.24) is 9.97 Å². The van der Waals surface area contributed by atoms with Crippen molar-refractivity contribution in [2.24, 2.45) is 0 Å². The number of carbonyl (C=O) groups excluding carboxylic acids is 1. The van der Waals surface area contributed by atoms with Crippen LogP contribution < -0.4 is 19.5 Å². The third kappa shape index (κ3) is 4.46. The van der Waals surface area contributed by atoms with E-state index in [4.69, 9.17) is 14.2 Å². The van der Waals surface area contributed by atoms with Gasteiger partial charge in [-0.2, -0.15) is 0 Å². The van der Waals surface area contributed by atoms with Gasteiger partial charge in [-0.3, -0.25) is 4.79 Å². The van der Waals surface area contributed by atoms with E-state index in [1.807, 2.05) is 18.2 Å². The minimum Gasteiger partial charge on any atom is -0.493 e. The zero-order valence-corrected chi connectivity index (χ0v) is 20.5. The fraction of sp³-hybridized carbons (Fsp3) is 0.208. The molecule has 0 fully saturated rings. The average Bonchev–Trinajstić information content (AvgIpc) is 3.12. The fourth-order valence-corrected chi connectivity index (χ4v) is 5.57. The second-order valence-electron chi connectivity index (χ2n) is 7.11. The fourth-order valence-electron chi connectivity index (χ4n) is 3.43. The number of nitrogens with one attached hydrogen (secondary N) is 1. The molecule has 0 aliphatic carbocycles.